The smallest absolute Gasteiger partial charge is 0.257 e. The molecule has 4 rings (SSSR count). The van der Waals surface area contributed by atoms with Crippen molar-refractivity contribution in [2.75, 3.05) is 25.0 Å². The van der Waals surface area contributed by atoms with Gasteiger partial charge < -0.3 is 4.74 Å². The van der Waals surface area contributed by atoms with Crippen LogP contribution >= 0.6 is 11.3 Å². The fourth-order valence-corrected chi connectivity index (χ4v) is 6.71. The van der Waals surface area contributed by atoms with E-state index >= 15 is 0 Å². The summed E-state index contributed by atoms with van der Waals surface area (Å²) in [6, 6.07) is 11.7. The number of sulfonamides is 1. The van der Waals surface area contributed by atoms with Crippen molar-refractivity contribution in [1.29, 1.82) is 0 Å². The fourth-order valence-electron chi connectivity index (χ4n) is 4.15. The summed E-state index contributed by atoms with van der Waals surface area (Å²) in [5.41, 5.74) is 1.08. The largest absolute Gasteiger partial charge is 0.492 e. The van der Waals surface area contributed by atoms with Crippen LogP contribution in [-0.4, -0.2) is 43.3 Å². The molecule has 1 aliphatic rings. The first kappa shape index (κ1) is 22.7. The maximum atomic E-state index is 13.0. The average Bonchev–Trinajstić information content (AvgIpc) is 3.17. The normalized spacial score (nSPS) is 19.7. The van der Waals surface area contributed by atoms with Crippen molar-refractivity contribution < 1.29 is 17.9 Å². The molecule has 7 nitrogen and oxygen atoms in total. The second-order valence-electron chi connectivity index (χ2n) is 8.30. The highest BCUT2D eigenvalue weighted by Gasteiger charge is 2.31. The lowest BCUT2D eigenvalue weighted by atomic mass is 9.94. The van der Waals surface area contributed by atoms with Gasteiger partial charge in [-0.1, -0.05) is 31.3 Å². The summed E-state index contributed by atoms with van der Waals surface area (Å²) < 4.78 is 34.1. The number of anilines is 1. The number of benzene rings is 2. The first-order valence-corrected chi connectivity index (χ1v) is 13.0. The number of nitrogens with one attached hydrogen (secondary N) is 1. The highest BCUT2D eigenvalue weighted by atomic mass is 32.2. The van der Waals surface area contributed by atoms with Crippen LogP contribution in [0.4, 0.5) is 5.13 Å². The zero-order valence-electron chi connectivity index (χ0n) is 18.4. The summed E-state index contributed by atoms with van der Waals surface area (Å²) in [6.07, 6.45) is 1.03. The van der Waals surface area contributed by atoms with E-state index in [1.807, 2.05) is 25.1 Å². The number of thiazole rings is 1. The standard InChI is InChI=1S/C23H27N3O4S2/c1-4-30-19-6-5-7-20-21(19)24-23(31-20)25-22(27)17-8-10-18(11-9-17)32(28,29)26-13-15(2)12-16(3)14-26/h5-11,15-16H,4,12-14H2,1-3H3,(H,24,25,27)/t15-,16-/m0/s1. The van der Waals surface area contributed by atoms with Crippen LogP contribution in [0.25, 0.3) is 10.2 Å². The van der Waals surface area contributed by atoms with E-state index in [2.05, 4.69) is 24.1 Å². The van der Waals surface area contributed by atoms with Crippen LogP contribution < -0.4 is 10.1 Å². The molecule has 0 aliphatic carbocycles. The lowest BCUT2D eigenvalue weighted by Gasteiger charge is -2.34. The minimum atomic E-state index is -3.58. The number of hydrogen-bond donors (Lipinski definition) is 1. The molecule has 32 heavy (non-hydrogen) atoms. The van der Waals surface area contributed by atoms with Crippen molar-refractivity contribution in [3.8, 4) is 5.75 Å². The average molecular weight is 474 g/mol. The molecule has 9 heteroatoms. The molecule has 1 fully saturated rings. The second kappa shape index (κ2) is 9.17. The fraction of sp³-hybridized carbons (Fsp3) is 0.391. The van der Waals surface area contributed by atoms with E-state index in [0.29, 0.717) is 53.5 Å². The molecule has 1 aromatic heterocycles. The van der Waals surface area contributed by atoms with Crippen molar-refractivity contribution >= 4 is 42.6 Å². The molecule has 0 radical (unpaired) electrons. The van der Waals surface area contributed by atoms with E-state index in [9.17, 15) is 13.2 Å². The summed E-state index contributed by atoms with van der Waals surface area (Å²) in [7, 11) is -3.58. The number of aromatic nitrogens is 1. The summed E-state index contributed by atoms with van der Waals surface area (Å²) in [4.78, 5) is 17.4. The zero-order chi connectivity index (χ0) is 22.9. The quantitative estimate of drug-likeness (QED) is 0.565. The topological polar surface area (TPSA) is 88.6 Å². The van der Waals surface area contributed by atoms with Gasteiger partial charge in [0.1, 0.15) is 11.3 Å². The molecule has 170 valence electrons. The van der Waals surface area contributed by atoms with Gasteiger partial charge in [-0.05, 0) is 61.6 Å². The van der Waals surface area contributed by atoms with E-state index < -0.39 is 10.0 Å². The Hall–Kier alpha value is -2.49. The first-order chi connectivity index (χ1) is 15.3. The molecule has 3 aromatic rings. The van der Waals surface area contributed by atoms with Crippen LogP contribution in [0.2, 0.25) is 0 Å². The number of carbonyl (C=O) groups is 1. The number of nitrogens with zero attached hydrogens (tertiary/aromatic N) is 2. The predicted octanol–water partition coefficient (Wildman–Crippen LogP) is 4.61. The van der Waals surface area contributed by atoms with Crippen LogP contribution in [-0.2, 0) is 10.0 Å². The molecule has 1 N–H and O–H groups in total. The van der Waals surface area contributed by atoms with Crippen molar-refractivity contribution in [3.63, 3.8) is 0 Å². The summed E-state index contributed by atoms with van der Waals surface area (Å²) >= 11 is 1.36. The van der Waals surface area contributed by atoms with Gasteiger partial charge in [0.2, 0.25) is 10.0 Å². The Balaban J connectivity index is 1.50. The van der Waals surface area contributed by atoms with Crippen molar-refractivity contribution in [3.05, 3.63) is 48.0 Å². The number of amides is 1. The number of hydrogen-bond acceptors (Lipinski definition) is 6. The zero-order valence-corrected chi connectivity index (χ0v) is 20.0. The Labute approximate surface area is 192 Å². The lowest BCUT2D eigenvalue weighted by Crippen LogP contribution is -2.42. The minimum absolute atomic E-state index is 0.205. The highest BCUT2D eigenvalue weighted by molar-refractivity contribution is 7.89. The van der Waals surface area contributed by atoms with E-state index in [0.717, 1.165) is 11.1 Å². The third-order valence-corrected chi connectivity index (χ3v) is 8.27. The van der Waals surface area contributed by atoms with Crippen molar-refractivity contribution in [2.24, 2.45) is 11.8 Å². The third-order valence-electron chi connectivity index (χ3n) is 5.49. The summed E-state index contributed by atoms with van der Waals surface area (Å²) in [5, 5.41) is 3.27. The van der Waals surface area contributed by atoms with Gasteiger partial charge in [0, 0.05) is 18.7 Å². The highest BCUT2D eigenvalue weighted by Crippen LogP contribution is 2.32. The van der Waals surface area contributed by atoms with Gasteiger partial charge >= 0.3 is 0 Å². The molecule has 1 amide bonds. The molecule has 1 saturated heterocycles. The Morgan fingerprint density at radius 1 is 1.16 bits per heavy atom. The number of piperidine rings is 1. The maximum absolute atomic E-state index is 13.0. The number of ether oxygens (including phenoxy) is 1. The monoisotopic (exact) mass is 473 g/mol. The molecule has 2 heterocycles. The molecular formula is C23H27N3O4S2. The van der Waals surface area contributed by atoms with Gasteiger partial charge in [-0.25, -0.2) is 13.4 Å². The Kier molecular flexibility index (Phi) is 6.50. The Morgan fingerprint density at radius 3 is 2.50 bits per heavy atom. The Morgan fingerprint density at radius 2 is 1.84 bits per heavy atom. The molecule has 0 spiro atoms. The molecule has 0 saturated carbocycles. The minimum Gasteiger partial charge on any atom is -0.492 e. The van der Waals surface area contributed by atoms with Gasteiger partial charge in [0.25, 0.3) is 5.91 Å². The maximum Gasteiger partial charge on any atom is 0.257 e. The van der Waals surface area contributed by atoms with Crippen LogP contribution in [0.15, 0.2) is 47.4 Å². The van der Waals surface area contributed by atoms with Gasteiger partial charge in [0.05, 0.1) is 16.2 Å². The van der Waals surface area contributed by atoms with Crippen LogP contribution in [0.5, 0.6) is 5.75 Å². The number of fused-ring (bicyclic) bond motifs is 1. The number of carbonyl (C=O) groups excluding carboxylic acids is 1. The van der Waals surface area contributed by atoms with Crippen molar-refractivity contribution in [2.45, 2.75) is 32.1 Å². The van der Waals surface area contributed by atoms with E-state index in [1.54, 1.807) is 4.31 Å². The molecule has 1 aliphatic heterocycles. The van der Waals surface area contributed by atoms with Crippen LogP contribution in [0.3, 0.4) is 0 Å². The van der Waals surface area contributed by atoms with Gasteiger partial charge in [-0.2, -0.15) is 4.31 Å². The van der Waals surface area contributed by atoms with E-state index in [1.165, 1.54) is 35.6 Å². The second-order valence-corrected chi connectivity index (χ2v) is 11.3. The number of para-hydroxylation sites is 1. The van der Waals surface area contributed by atoms with Crippen molar-refractivity contribution in [1.82, 2.24) is 9.29 Å². The predicted molar refractivity (Wildman–Crippen MR) is 127 cm³/mol. The van der Waals surface area contributed by atoms with Gasteiger partial charge in [0.15, 0.2) is 5.13 Å². The van der Waals surface area contributed by atoms with E-state index in [-0.39, 0.29) is 10.8 Å². The molecule has 0 bridgehead atoms. The van der Waals surface area contributed by atoms with Crippen LogP contribution in [0, 0.1) is 11.8 Å². The Bertz CT molecular complexity index is 1210. The van der Waals surface area contributed by atoms with Gasteiger partial charge in [-0.3, -0.25) is 10.1 Å². The first-order valence-electron chi connectivity index (χ1n) is 10.7. The summed E-state index contributed by atoms with van der Waals surface area (Å²) in [5.74, 6) is 0.995. The molecule has 2 aromatic carbocycles. The van der Waals surface area contributed by atoms with Gasteiger partial charge in [-0.15, -0.1) is 0 Å². The van der Waals surface area contributed by atoms with E-state index in [4.69, 9.17) is 4.74 Å². The third kappa shape index (κ3) is 4.65. The number of rotatable bonds is 6. The molecule has 0 unspecified atom stereocenters. The SMILES string of the molecule is CCOc1cccc2sc(NC(=O)c3ccc(S(=O)(=O)N4C[C@@H](C)C[C@H](C)C4)cc3)nc12. The van der Waals surface area contributed by atoms with Crippen LogP contribution in [0.1, 0.15) is 37.6 Å². The molecular weight excluding hydrogens is 446 g/mol. The molecule has 2 atom stereocenters. The summed E-state index contributed by atoms with van der Waals surface area (Å²) in [6.45, 7) is 7.63. The lowest BCUT2D eigenvalue weighted by molar-refractivity contribution is 0.102.